The molecule has 0 saturated heterocycles. The molecular formula is C2H6CaClO+. The zero-order chi connectivity index (χ0) is 2.71. The van der Waals surface area contributed by atoms with E-state index < -0.39 is 0 Å². The SMILES string of the molecule is CCO.[Ca+2].[Cl-]. The second kappa shape index (κ2) is 17.8. The average molecular weight is 122 g/mol. The molecule has 0 spiro atoms. The minimum atomic E-state index is 0. The number of hydrogen-bond donors (Lipinski definition) is 1. The van der Waals surface area contributed by atoms with Gasteiger partial charge in [-0.25, -0.2) is 0 Å². The van der Waals surface area contributed by atoms with Crippen molar-refractivity contribution in [3.8, 4) is 0 Å². The standard InChI is InChI=1S/C2H6O.Ca.ClH/c1-2-3;;/h3H,2H2,1H3;;1H/q;+2;/p-1. The predicted molar refractivity (Wildman–Crippen MR) is 18.5 cm³/mol. The zero-order valence-electron chi connectivity index (χ0n) is 3.24. The van der Waals surface area contributed by atoms with Crippen molar-refractivity contribution in [2.75, 3.05) is 6.61 Å². The minimum absolute atomic E-state index is 0. The van der Waals surface area contributed by atoms with Crippen LogP contribution in [0.15, 0.2) is 0 Å². The molecule has 5 heavy (non-hydrogen) atoms. The third-order valence-electron chi connectivity index (χ3n) is 0. The molecule has 0 amide bonds. The van der Waals surface area contributed by atoms with E-state index in [0.717, 1.165) is 0 Å². The van der Waals surface area contributed by atoms with Crippen molar-refractivity contribution in [2.24, 2.45) is 0 Å². The molecule has 1 N–H and O–H groups in total. The van der Waals surface area contributed by atoms with Crippen LogP contribution >= 0.6 is 0 Å². The Morgan fingerprint density at radius 3 is 1.60 bits per heavy atom. The van der Waals surface area contributed by atoms with E-state index in [4.69, 9.17) is 5.11 Å². The summed E-state index contributed by atoms with van der Waals surface area (Å²) in [6, 6.07) is 0. The maximum Gasteiger partial charge on any atom is 2.00 e. The van der Waals surface area contributed by atoms with Crippen molar-refractivity contribution in [3.63, 3.8) is 0 Å². The predicted octanol–water partition coefficient (Wildman–Crippen LogP) is -3.38. The summed E-state index contributed by atoms with van der Waals surface area (Å²) in [5.41, 5.74) is 0. The first-order valence-electron chi connectivity index (χ1n) is 1.02. The van der Waals surface area contributed by atoms with Crippen molar-refractivity contribution in [3.05, 3.63) is 0 Å². The van der Waals surface area contributed by atoms with Gasteiger partial charge in [0.05, 0.1) is 0 Å². The minimum Gasteiger partial charge on any atom is -1.00 e. The fourth-order valence-electron chi connectivity index (χ4n) is 0. The summed E-state index contributed by atoms with van der Waals surface area (Å²) in [7, 11) is 0. The van der Waals surface area contributed by atoms with Crippen molar-refractivity contribution in [1.29, 1.82) is 0 Å². The third kappa shape index (κ3) is 29.8. The molecule has 0 aliphatic carbocycles. The number of halogens is 1. The van der Waals surface area contributed by atoms with Gasteiger partial charge in [0.1, 0.15) is 0 Å². The number of rotatable bonds is 0. The molecule has 0 aromatic carbocycles. The number of aliphatic hydroxyl groups excluding tert-OH is 1. The van der Waals surface area contributed by atoms with Gasteiger partial charge in [-0.15, -0.1) is 0 Å². The van der Waals surface area contributed by atoms with Crippen LogP contribution in [0, 0.1) is 0 Å². The van der Waals surface area contributed by atoms with Crippen LogP contribution in [0.1, 0.15) is 6.92 Å². The molecule has 28 valence electrons. The quantitative estimate of drug-likeness (QED) is 0.332. The Labute approximate surface area is 68.2 Å². The van der Waals surface area contributed by atoms with E-state index in [-0.39, 0.29) is 56.8 Å². The Morgan fingerprint density at radius 2 is 1.60 bits per heavy atom. The fraction of sp³-hybridized carbons (Fsp3) is 1.00. The van der Waals surface area contributed by atoms with Crippen LogP contribution in [0.25, 0.3) is 0 Å². The van der Waals surface area contributed by atoms with Gasteiger partial charge in [0.15, 0.2) is 0 Å². The summed E-state index contributed by atoms with van der Waals surface area (Å²) in [6.45, 7) is 1.93. The molecule has 0 atom stereocenters. The molecule has 0 heterocycles. The van der Waals surface area contributed by atoms with Crippen molar-refractivity contribution >= 4 is 37.7 Å². The largest absolute Gasteiger partial charge is 2.00 e. The Bertz CT molecular complexity index is 9.61. The summed E-state index contributed by atoms with van der Waals surface area (Å²) >= 11 is 0. The van der Waals surface area contributed by atoms with E-state index in [1.807, 2.05) is 0 Å². The van der Waals surface area contributed by atoms with Gasteiger partial charge < -0.3 is 17.5 Å². The van der Waals surface area contributed by atoms with Crippen LogP contribution in [-0.2, 0) is 0 Å². The first-order chi connectivity index (χ1) is 1.41. The summed E-state index contributed by atoms with van der Waals surface area (Å²) in [6.07, 6.45) is 0. The number of hydrogen-bond acceptors (Lipinski definition) is 1. The van der Waals surface area contributed by atoms with Crippen molar-refractivity contribution in [1.82, 2.24) is 0 Å². The molecular weight excluding hydrogens is 116 g/mol. The van der Waals surface area contributed by atoms with Crippen LogP contribution < -0.4 is 12.4 Å². The molecule has 3 heteroatoms. The normalized spacial score (nSPS) is 3.60. The maximum absolute atomic E-state index is 7.57. The Kier molecular flexibility index (Phi) is 57.1. The molecule has 0 unspecified atom stereocenters. The topological polar surface area (TPSA) is 20.2 Å². The molecule has 1 nitrogen and oxygen atoms in total. The van der Waals surface area contributed by atoms with Gasteiger partial charge in [0, 0.05) is 6.61 Å². The van der Waals surface area contributed by atoms with E-state index in [0.29, 0.717) is 0 Å². The van der Waals surface area contributed by atoms with Gasteiger partial charge in [-0.1, -0.05) is 0 Å². The van der Waals surface area contributed by atoms with E-state index in [1.54, 1.807) is 6.92 Å². The summed E-state index contributed by atoms with van der Waals surface area (Å²) in [5, 5.41) is 7.57. The summed E-state index contributed by atoms with van der Waals surface area (Å²) in [5.74, 6) is 0. The van der Waals surface area contributed by atoms with Crippen molar-refractivity contribution in [2.45, 2.75) is 6.92 Å². The van der Waals surface area contributed by atoms with Crippen LogP contribution in [0.5, 0.6) is 0 Å². The van der Waals surface area contributed by atoms with E-state index in [2.05, 4.69) is 0 Å². The van der Waals surface area contributed by atoms with Crippen LogP contribution in [0.4, 0.5) is 0 Å². The van der Waals surface area contributed by atoms with Gasteiger partial charge in [0.25, 0.3) is 0 Å². The monoisotopic (exact) mass is 121 g/mol. The molecule has 0 aliphatic rings. The van der Waals surface area contributed by atoms with Gasteiger partial charge in [0.2, 0.25) is 0 Å². The van der Waals surface area contributed by atoms with Gasteiger partial charge >= 0.3 is 37.7 Å². The first-order valence-corrected chi connectivity index (χ1v) is 1.02. The molecule has 0 fully saturated rings. The molecule has 0 rings (SSSR count). The van der Waals surface area contributed by atoms with E-state index in [1.165, 1.54) is 0 Å². The average Bonchev–Trinajstić information content (AvgIpc) is 0.918. The summed E-state index contributed by atoms with van der Waals surface area (Å²) in [4.78, 5) is 0. The van der Waals surface area contributed by atoms with Crippen molar-refractivity contribution < 1.29 is 17.5 Å². The molecule has 0 saturated carbocycles. The zero-order valence-corrected chi connectivity index (χ0v) is 6.20. The second-order valence-corrected chi connectivity index (χ2v) is 0.316. The number of aliphatic hydroxyl groups is 1. The second-order valence-electron chi connectivity index (χ2n) is 0.316. The van der Waals surface area contributed by atoms with E-state index >= 15 is 0 Å². The Balaban J connectivity index is -0.0000000200. The Hall–Kier alpha value is 1.51. The fourth-order valence-corrected chi connectivity index (χ4v) is 0. The van der Waals surface area contributed by atoms with Crippen LogP contribution in [0.3, 0.4) is 0 Å². The van der Waals surface area contributed by atoms with Gasteiger partial charge in [-0.2, -0.15) is 0 Å². The molecule has 0 radical (unpaired) electrons. The van der Waals surface area contributed by atoms with Gasteiger partial charge in [-0.3, -0.25) is 0 Å². The summed E-state index contributed by atoms with van der Waals surface area (Å²) < 4.78 is 0. The van der Waals surface area contributed by atoms with E-state index in [9.17, 15) is 0 Å². The molecule has 0 aromatic rings. The molecule has 0 bridgehead atoms. The van der Waals surface area contributed by atoms with Crippen LogP contribution in [0.2, 0.25) is 0 Å². The smallest absolute Gasteiger partial charge is 1.00 e. The maximum atomic E-state index is 7.57. The Morgan fingerprint density at radius 1 is 1.60 bits per heavy atom. The third-order valence-corrected chi connectivity index (χ3v) is 0. The van der Waals surface area contributed by atoms with Gasteiger partial charge in [-0.05, 0) is 6.92 Å². The molecule has 0 aliphatic heterocycles. The first kappa shape index (κ1) is 16.0. The molecule has 0 aromatic heterocycles. The van der Waals surface area contributed by atoms with Crippen LogP contribution in [-0.4, -0.2) is 49.5 Å².